The third-order valence-corrected chi connectivity index (χ3v) is 4.04. The van der Waals surface area contributed by atoms with E-state index in [9.17, 15) is 13.2 Å². The summed E-state index contributed by atoms with van der Waals surface area (Å²) in [5.74, 6) is 0.495. The van der Waals surface area contributed by atoms with Crippen LogP contribution < -0.4 is 5.32 Å². The fraction of sp³-hybridized carbons (Fsp3) is 0.667. The van der Waals surface area contributed by atoms with Gasteiger partial charge in [-0.3, -0.25) is 0 Å². The van der Waals surface area contributed by atoms with Gasteiger partial charge >= 0.3 is 6.18 Å². The van der Waals surface area contributed by atoms with Crippen molar-refractivity contribution >= 4 is 21.7 Å². The highest BCUT2D eigenvalue weighted by molar-refractivity contribution is 9.10. The molecule has 1 aliphatic rings. The Balaban J connectivity index is 2.37. The van der Waals surface area contributed by atoms with Crippen molar-refractivity contribution < 1.29 is 13.2 Å². The van der Waals surface area contributed by atoms with Crippen molar-refractivity contribution in [2.45, 2.75) is 44.2 Å². The van der Waals surface area contributed by atoms with E-state index >= 15 is 0 Å². The molecular formula is C12H15BrF3N3. The zero-order valence-corrected chi connectivity index (χ0v) is 12.1. The second kappa shape index (κ2) is 5.64. The zero-order valence-electron chi connectivity index (χ0n) is 10.5. The Bertz CT molecular complexity index is 456. The van der Waals surface area contributed by atoms with Crippen LogP contribution in [0.25, 0.3) is 0 Å². The molecule has 0 aromatic carbocycles. The van der Waals surface area contributed by atoms with Crippen LogP contribution in [0.1, 0.15) is 43.1 Å². The van der Waals surface area contributed by atoms with E-state index in [4.69, 9.17) is 0 Å². The summed E-state index contributed by atoms with van der Waals surface area (Å²) in [7, 11) is 1.64. The van der Waals surface area contributed by atoms with Crippen LogP contribution in [0.2, 0.25) is 0 Å². The normalized spacial score (nSPS) is 16.9. The van der Waals surface area contributed by atoms with Crippen molar-refractivity contribution in [2.75, 3.05) is 12.4 Å². The van der Waals surface area contributed by atoms with Gasteiger partial charge < -0.3 is 5.32 Å². The number of halogens is 4. The summed E-state index contributed by atoms with van der Waals surface area (Å²) in [6, 6.07) is 0. The van der Waals surface area contributed by atoms with Gasteiger partial charge in [0.1, 0.15) is 18.1 Å². The molecule has 0 unspecified atom stereocenters. The van der Waals surface area contributed by atoms with Crippen molar-refractivity contribution in [1.29, 1.82) is 0 Å². The minimum Gasteiger partial charge on any atom is -0.372 e. The van der Waals surface area contributed by atoms with E-state index in [1.807, 2.05) is 0 Å². The molecule has 0 spiro atoms. The maximum Gasteiger partial charge on any atom is 0.396 e. The molecule has 1 fully saturated rings. The standard InChI is InChI=1S/C12H15BrF3N3/c1-17-11-9(13)10(7-4-2-3-5-7)18-8(19-11)6-12(14,15)16/h7H,2-6H2,1H3,(H,17,18,19). The van der Waals surface area contributed by atoms with Crippen molar-refractivity contribution in [3.8, 4) is 0 Å². The van der Waals surface area contributed by atoms with Crippen molar-refractivity contribution in [1.82, 2.24) is 9.97 Å². The van der Waals surface area contributed by atoms with Gasteiger partial charge in [-0.15, -0.1) is 0 Å². The molecule has 1 aromatic heterocycles. The van der Waals surface area contributed by atoms with Gasteiger partial charge in [0.15, 0.2) is 0 Å². The second-order valence-corrected chi connectivity index (χ2v) is 5.50. The first-order valence-corrected chi connectivity index (χ1v) is 7.01. The molecular weight excluding hydrogens is 323 g/mol. The number of nitrogens with zero attached hydrogens (tertiary/aromatic N) is 2. The van der Waals surface area contributed by atoms with E-state index in [2.05, 4.69) is 31.2 Å². The molecule has 2 rings (SSSR count). The predicted octanol–water partition coefficient (Wildman–Crippen LogP) is 4.04. The van der Waals surface area contributed by atoms with Crippen LogP contribution in [0.3, 0.4) is 0 Å². The molecule has 1 heterocycles. The van der Waals surface area contributed by atoms with Gasteiger partial charge in [0.25, 0.3) is 0 Å². The summed E-state index contributed by atoms with van der Waals surface area (Å²) in [4.78, 5) is 8.05. The van der Waals surface area contributed by atoms with Crippen LogP contribution in [0.15, 0.2) is 4.47 Å². The van der Waals surface area contributed by atoms with Gasteiger partial charge in [-0.1, -0.05) is 12.8 Å². The fourth-order valence-corrected chi connectivity index (χ4v) is 3.11. The molecule has 7 heteroatoms. The van der Waals surface area contributed by atoms with Gasteiger partial charge in [0.05, 0.1) is 10.2 Å². The summed E-state index contributed by atoms with van der Waals surface area (Å²) in [5.41, 5.74) is 0.705. The number of hydrogen-bond donors (Lipinski definition) is 1. The molecule has 0 saturated heterocycles. The number of anilines is 1. The molecule has 3 nitrogen and oxygen atoms in total. The number of hydrogen-bond acceptors (Lipinski definition) is 3. The smallest absolute Gasteiger partial charge is 0.372 e. The van der Waals surface area contributed by atoms with Crippen LogP contribution in [0, 0.1) is 0 Å². The summed E-state index contributed by atoms with van der Waals surface area (Å²) in [5, 5.41) is 2.82. The quantitative estimate of drug-likeness (QED) is 0.904. The average Bonchev–Trinajstić information content (AvgIpc) is 2.82. The Hall–Kier alpha value is -0.850. The molecule has 0 bridgehead atoms. The molecule has 1 aliphatic carbocycles. The van der Waals surface area contributed by atoms with E-state index in [0.29, 0.717) is 16.0 Å². The molecule has 1 aromatic rings. The maximum atomic E-state index is 12.5. The van der Waals surface area contributed by atoms with E-state index < -0.39 is 12.6 Å². The van der Waals surface area contributed by atoms with Gasteiger partial charge in [-0.25, -0.2) is 9.97 Å². The monoisotopic (exact) mass is 337 g/mol. The average molecular weight is 338 g/mol. The Morgan fingerprint density at radius 2 is 1.89 bits per heavy atom. The fourth-order valence-electron chi connectivity index (χ4n) is 2.41. The number of alkyl halides is 3. The number of nitrogens with one attached hydrogen (secondary N) is 1. The molecule has 1 N–H and O–H groups in total. The van der Waals surface area contributed by atoms with Gasteiger partial charge in [-0.2, -0.15) is 13.2 Å². The molecule has 0 amide bonds. The van der Waals surface area contributed by atoms with Crippen LogP contribution >= 0.6 is 15.9 Å². The van der Waals surface area contributed by atoms with Gasteiger partial charge in [0.2, 0.25) is 0 Å². The lowest BCUT2D eigenvalue weighted by molar-refractivity contribution is -0.128. The Labute approximate surface area is 118 Å². The summed E-state index contributed by atoms with van der Waals surface area (Å²) < 4.78 is 38.1. The lowest BCUT2D eigenvalue weighted by atomic mass is 10.0. The first-order chi connectivity index (χ1) is 8.90. The molecule has 1 saturated carbocycles. The highest BCUT2D eigenvalue weighted by atomic mass is 79.9. The first-order valence-electron chi connectivity index (χ1n) is 6.21. The summed E-state index contributed by atoms with van der Waals surface area (Å²) in [6.07, 6.45) is -1.22. The van der Waals surface area contributed by atoms with Crippen LogP contribution in [0.5, 0.6) is 0 Å². The topological polar surface area (TPSA) is 37.8 Å². The van der Waals surface area contributed by atoms with E-state index in [1.54, 1.807) is 7.05 Å². The van der Waals surface area contributed by atoms with E-state index in [0.717, 1.165) is 25.7 Å². The number of rotatable bonds is 3. The van der Waals surface area contributed by atoms with E-state index in [-0.39, 0.29) is 11.7 Å². The largest absolute Gasteiger partial charge is 0.396 e. The Kier molecular flexibility index (Phi) is 4.32. The second-order valence-electron chi connectivity index (χ2n) is 4.71. The van der Waals surface area contributed by atoms with Gasteiger partial charge in [0, 0.05) is 13.0 Å². The first kappa shape index (κ1) is 14.6. The van der Waals surface area contributed by atoms with Crippen molar-refractivity contribution in [2.24, 2.45) is 0 Å². The zero-order chi connectivity index (χ0) is 14.0. The highest BCUT2D eigenvalue weighted by Gasteiger charge is 2.31. The highest BCUT2D eigenvalue weighted by Crippen LogP contribution is 2.39. The molecule has 0 radical (unpaired) electrons. The van der Waals surface area contributed by atoms with Crippen molar-refractivity contribution in [3.63, 3.8) is 0 Å². The van der Waals surface area contributed by atoms with Crippen LogP contribution in [-0.2, 0) is 6.42 Å². The van der Waals surface area contributed by atoms with E-state index in [1.165, 1.54) is 0 Å². The molecule has 0 aliphatic heterocycles. The summed E-state index contributed by atoms with van der Waals surface area (Å²) >= 11 is 3.40. The Morgan fingerprint density at radius 1 is 1.26 bits per heavy atom. The maximum absolute atomic E-state index is 12.5. The van der Waals surface area contributed by atoms with Crippen LogP contribution in [-0.4, -0.2) is 23.2 Å². The van der Waals surface area contributed by atoms with Gasteiger partial charge in [-0.05, 0) is 28.8 Å². The third-order valence-electron chi connectivity index (χ3n) is 3.26. The molecule has 106 valence electrons. The third kappa shape index (κ3) is 3.58. The van der Waals surface area contributed by atoms with Crippen LogP contribution in [0.4, 0.5) is 19.0 Å². The SMILES string of the molecule is CNc1nc(CC(F)(F)F)nc(C2CCCC2)c1Br. The lowest BCUT2D eigenvalue weighted by Crippen LogP contribution is -2.17. The Morgan fingerprint density at radius 3 is 2.42 bits per heavy atom. The number of aromatic nitrogens is 2. The minimum atomic E-state index is -4.29. The molecule has 0 atom stereocenters. The summed E-state index contributed by atoms with van der Waals surface area (Å²) in [6.45, 7) is 0. The molecule has 19 heavy (non-hydrogen) atoms. The minimum absolute atomic E-state index is 0.165. The van der Waals surface area contributed by atoms with Crippen molar-refractivity contribution in [3.05, 3.63) is 16.0 Å². The lowest BCUT2D eigenvalue weighted by Gasteiger charge is -2.16. The predicted molar refractivity (Wildman–Crippen MR) is 70.2 cm³/mol.